The number of fused-ring (bicyclic) bond motifs is 3. The topological polar surface area (TPSA) is 88.1 Å². The molecule has 3 aliphatic rings. The van der Waals surface area contributed by atoms with E-state index in [0.29, 0.717) is 29.9 Å². The van der Waals surface area contributed by atoms with Crippen LogP contribution in [0.1, 0.15) is 73.6 Å². The van der Waals surface area contributed by atoms with Crippen LogP contribution in [0.2, 0.25) is 0 Å². The maximum absolute atomic E-state index is 12.5. The fraction of sp³-hybridized carbons (Fsp3) is 0.708. The molecule has 0 radical (unpaired) electrons. The molecule has 0 amide bonds. The molecule has 0 spiro atoms. The molecule has 1 fully saturated rings. The third-order valence-electron chi connectivity index (χ3n) is 6.71. The Morgan fingerprint density at radius 3 is 2.45 bits per heavy atom. The normalized spacial score (nSPS) is 38.1. The molecular weight excluding hydrogens is 400 g/mol. The maximum Gasteiger partial charge on any atom is 0.334 e. The lowest BCUT2D eigenvalue weighted by Crippen LogP contribution is -2.52. The third-order valence-corrected chi connectivity index (χ3v) is 6.71. The summed E-state index contributed by atoms with van der Waals surface area (Å²) in [6.07, 6.45) is 3.60. The van der Waals surface area contributed by atoms with Crippen LogP contribution >= 0.6 is 0 Å². The first-order chi connectivity index (χ1) is 14.5. The number of esters is 3. The average Bonchev–Trinajstić information content (AvgIpc) is 3.18. The Labute approximate surface area is 184 Å². The van der Waals surface area contributed by atoms with E-state index in [2.05, 4.69) is 13.0 Å². The number of rotatable bonds is 2. The summed E-state index contributed by atoms with van der Waals surface area (Å²) in [6.45, 7) is 10.4. The first-order valence-electron chi connectivity index (χ1n) is 11.1. The van der Waals surface area contributed by atoms with Crippen molar-refractivity contribution in [3.63, 3.8) is 0 Å². The molecule has 6 atom stereocenters. The van der Waals surface area contributed by atoms with Gasteiger partial charge < -0.3 is 18.9 Å². The molecule has 1 saturated heterocycles. The minimum Gasteiger partial charge on any atom is -0.455 e. The Hall–Kier alpha value is -2.15. The Balaban J connectivity index is 2.14. The van der Waals surface area contributed by atoms with Crippen molar-refractivity contribution in [2.24, 2.45) is 5.92 Å². The van der Waals surface area contributed by atoms with E-state index in [4.69, 9.17) is 18.9 Å². The smallest absolute Gasteiger partial charge is 0.334 e. The van der Waals surface area contributed by atoms with Gasteiger partial charge in [-0.2, -0.15) is 0 Å². The van der Waals surface area contributed by atoms with E-state index in [1.165, 1.54) is 13.8 Å². The van der Waals surface area contributed by atoms with Gasteiger partial charge >= 0.3 is 17.9 Å². The molecule has 0 aromatic carbocycles. The third kappa shape index (κ3) is 5.03. The lowest BCUT2D eigenvalue weighted by molar-refractivity contribution is -0.192. The van der Waals surface area contributed by atoms with Crippen molar-refractivity contribution >= 4 is 17.9 Å². The predicted molar refractivity (Wildman–Crippen MR) is 113 cm³/mol. The summed E-state index contributed by atoms with van der Waals surface area (Å²) in [5, 5.41) is 0. The lowest BCUT2D eigenvalue weighted by Gasteiger charge is -2.39. The van der Waals surface area contributed by atoms with Crippen LogP contribution in [0.3, 0.4) is 0 Å². The molecule has 172 valence electrons. The molecule has 3 aliphatic heterocycles. The highest BCUT2D eigenvalue weighted by Gasteiger charge is 2.53. The standard InChI is InChI=1S/C24H34O7/c1-13-8-7-9-14(2)18-10-11-24(6,31-18)22(29-17(5)26)21(28-16(4)25)20-15(3)23(27)30-19(20)12-13/h8,14,18-19,21-22H,7,9-12H2,1-6H3/b13-8+/t14-,18+,19+,21-,22+,24?/m0/s1. The molecule has 2 bridgehead atoms. The van der Waals surface area contributed by atoms with Crippen molar-refractivity contribution in [2.45, 2.75) is 104 Å². The average molecular weight is 435 g/mol. The van der Waals surface area contributed by atoms with Gasteiger partial charge in [0.05, 0.1) is 6.10 Å². The van der Waals surface area contributed by atoms with Crippen LogP contribution in [0.5, 0.6) is 0 Å². The van der Waals surface area contributed by atoms with Crippen LogP contribution < -0.4 is 0 Å². The van der Waals surface area contributed by atoms with Crippen LogP contribution in [0, 0.1) is 5.92 Å². The van der Waals surface area contributed by atoms with E-state index < -0.39 is 41.8 Å². The quantitative estimate of drug-likeness (QED) is 0.371. The highest BCUT2D eigenvalue weighted by Crippen LogP contribution is 2.43. The Bertz CT molecular complexity index is 811. The van der Waals surface area contributed by atoms with E-state index in [9.17, 15) is 14.4 Å². The second kappa shape index (κ2) is 9.15. The molecule has 3 heterocycles. The minimum absolute atomic E-state index is 0.0165. The predicted octanol–water partition coefficient (Wildman–Crippen LogP) is 3.80. The lowest BCUT2D eigenvalue weighted by atomic mass is 9.83. The van der Waals surface area contributed by atoms with Crippen molar-refractivity contribution in [1.29, 1.82) is 0 Å². The van der Waals surface area contributed by atoms with Gasteiger partial charge in [-0.1, -0.05) is 18.6 Å². The van der Waals surface area contributed by atoms with Crippen LogP contribution in [-0.4, -0.2) is 47.9 Å². The Morgan fingerprint density at radius 2 is 1.81 bits per heavy atom. The second-order valence-electron chi connectivity index (χ2n) is 9.35. The molecule has 7 heteroatoms. The molecule has 3 rings (SSSR count). The van der Waals surface area contributed by atoms with Gasteiger partial charge in [-0.15, -0.1) is 0 Å². The van der Waals surface area contributed by atoms with Gasteiger partial charge in [0.15, 0.2) is 12.2 Å². The molecule has 0 saturated carbocycles. The minimum atomic E-state index is -0.967. The highest BCUT2D eigenvalue weighted by atomic mass is 16.6. The largest absolute Gasteiger partial charge is 0.455 e. The fourth-order valence-electron chi connectivity index (χ4n) is 5.00. The molecule has 0 N–H and O–H groups in total. The van der Waals surface area contributed by atoms with Crippen molar-refractivity contribution in [3.05, 3.63) is 22.8 Å². The summed E-state index contributed by atoms with van der Waals surface area (Å²) < 4.78 is 23.7. The van der Waals surface area contributed by atoms with Crippen LogP contribution in [0.25, 0.3) is 0 Å². The van der Waals surface area contributed by atoms with Crippen LogP contribution in [0.4, 0.5) is 0 Å². The highest BCUT2D eigenvalue weighted by molar-refractivity contribution is 5.92. The Kier molecular flexibility index (Phi) is 6.94. The van der Waals surface area contributed by atoms with Crippen molar-refractivity contribution in [1.82, 2.24) is 0 Å². The number of carbonyl (C=O) groups is 3. The molecule has 0 aromatic rings. The summed E-state index contributed by atoms with van der Waals surface area (Å²) in [5.41, 5.74) is 1.19. The molecule has 31 heavy (non-hydrogen) atoms. The molecule has 0 aliphatic carbocycles. The second-order valence-corrected chi connectivity index (χ2v) is 9.35. The summed E-state index contributed by atoms with van der Waals surface area (Å²) in [5.74, 6) is -1.13. The summed E-state index contributed by atoms with van der Waals surface area (Å²) >= 11 is 0. The zero-order chi connectivity index (χ0) is 22.9. The zero-order valence-corrected chi connectivity index (χ0v) is 19.4. The van der Waals surface area contributed by atoms with E-state index in [1.807, 2.05) is 13.8 Å². The van der Waals surface area contributed by atoms with E-state index >= 15 is 0 Å². The summed E-state index contributed by atoms with van der Waals surface area (Å²) in [6, 6.07) is 0. The molecule has 7 nitrogen and oxygen atoms in total. The fourth-order valence-corrected chi connectivity index (χ4v) is 5.00. The Morgan fingerprint density at radius 1 is 1.13 bits per heavy atom. The first kappa shape index (κ1) is 23.5. The van der Waals surface area contributed by atoms with Gasteiger partial charge in [0.2, 0.25) is 0 Å². The van der Waals surface area contributed by atoms with Gasteiger partial charge in [0, 0.05) is 31.4 Å². The molecule has 1 unspecified atom stereocenters. The van der Waals surface area contributed by atoms with Crippen molar-refractivity contribution in [2.75, 3.05) is 0 Å². The van der Waals surface area contributed by atoms with Gasteiger partial charge in [-0.3, -0.25) is 9.59 Å². The van der Waals surface area contributed by atoms with Crippen molar-refractivity contribution < 1.29 is 33.3 Å². The van der Waals surface area contributed by atoms with Gasteiger partial charge in [-0.05, 0) is 52.4 Å². The van der Waals surface area contributed by atoms with Gasteiger partial charge in [0.25, 0.3) is 0 Å². The van der Waals surface area contributed by atoms with Crippen LogP contribution in [0.15, 0.2) is 22.8 Å². The summed E-state index contributed by atoms with van der Waals surface area (Å²) in [7, 11) is 0. The SMILES string of the molecule is CC(=O)O[C@@H]1[C@@H](OC(C)=O)C2=C(C)C(=O)O[C@@H]2C/C(C)=C/CC[C@H](C)[C@H]2CCC1(C)O2. The molecule has 0 aromatic heterocycles. The van der Waals surface area contributed by atoms with Gasteiger partial charge in [0.1, 0.15) is 11.7 Å². The monoisotopic (exact) mass is 434 g/mol. The zero-order valence-electron chi connectivity index (χ0n) is 19.4. The van der Waals surface area contributed by atoms with Gasteiger partial charge in [-0.25, -0.2) is 4.79 Å². The number of ether oxygens (including phenoxy) is 4. The first-order valence-corrected chi connectivity index (χ1v) is 11.1. The number of allylic oxidation sites excluding steroid dienone is 1. The number of carbonyl (C=O) groups excluding carboxylic acids is 3. The summed E-state index contributed by atoms with van der Waals surface area (Å²) in [4.78, 5) is 36.7. The van der Waals surface area contributed by atoms with E-state index in [0.717, 1.165) is 24.8 Å². The molecular formula is C24H34O7. The van der Waals surface area contributed by atoms with E-state index in [1.54, 1.807) is 6.92 Å². The van der Waals surface area contributed by atoms with E-state index in [-0.39, 0.29) is 6.10 Å². The number of hydrogen-bond acceptors (Lipinski definition) is 7. The maximum atomic E-state index is 12.5. The van der Waals surface area contributed by atoms with Crippen molar-refractivity contribution in [3.8, 4) is 0 Å². The number of hydrogen-bond donors (Lipinski definition) is 0. The van der Waals surface area contributed by atoms with Crippen LogP contribution in [-0.2, 0) is 33.3 Å².